The number of nitrogens with zero attached hydrogens (tertiary/aromatic N) is 1. The van der Waals surface area contributed by atoms with Crippen molar-refractivity contribution in [1.29, 1.82) is 0 Å². The molecule has 2 N–H and O–H groups in total. The van der Waals surface area contributed by atoms with Crippen LogP contribution in [0.15, 0.2) is 28.7 Å². The number of hydrogen-bond acceptors (Lipinski definition) is 2. The fraction of sp³-hybridized carbons (Fsp3) is 0.538. The molecule has 16 heavy (non-hydrogen) atoms. The molecule has 1 unspecified atom stereocenters. The van der Waals surface area contributed by atoms with Crippen molar-refractivity contribution in [2.75, 3.05) is 20.6 Å². The van der Waals surface area contributed by atoms with Gasteiger partial charge in [-0.25, -0.2) is 0 Å². The minimum Gasteiger partial charge on any atom is -0.330 e. The summed E-state index contributed by atoms with van der Waals surface area (Å²) < 4.78 is 1.11. The molecular formula is C13H21BrN2. The number of nitrogens with two attached hydrogens (primary N) is 1. The van der Waals surface area contributed by atoms with Crippen molar-refractivity contribution in [3.05, 3.63) is 34.3 Å². The first-order valence-corrected chi connectivity index (χ1v) is 6.30. The zero-order chi connectivity index (χ0) is 12.3. The van der Waals surface area contributed by atoms with Gasteiger partial charge in [-0.15, -0.1) is 0 Å². The van der Waals surface area contributed by atoms with Gasteiger partial charge < -0.3 is 10.6 Å². The van der Waals surface area contributed by atoms with Crippen LogP contribution in [-0.4, -0.2) is 25.5 Å². The Balaban J connectivity index is 3.08. The highest BCUT2D eigenvalue weighted by Gasteiger charge is 2.31. The topological polar surface area (TPSA) is 29.3 Å². The molecule has 0 amide bonds. The van der Waals surface area contributed by atoms with Crippen LogP contribution in [0.4, 0.5) is 0 Å². The molecule has 0 saturated heterocycles. The summed E-state index contributed by atoms with van der Waals surface area (Å²) >= 11 is 3.46. The van der Waals surface area contributed by atoms with Gasteiger partial charge in [0.25, 0.3) is 0 Å². The average molecular weight is 285 g/mol. The normalized spacial score (nSPS) is 14.2. The molecule has 1 aromatic carbocycles. The van der Waals surface area contributed by atoms with Crippen LogP contribution in [0.3, 0.4) is 0 Å². The Labute approximate surface area is 107 Å². The van der Waals surface area contributed by atoms with Crippen molar-refractivity contribution >= 4 is 15.9 Å². The van der Waals surface area contributed by atoms with Gasteiger partial charge in [0.15, 0.2) is 0 Å². The van der Waals surface area contributed by atoms with Crippen LogP contribution in [-0.2, 0) is 0 Å². The number of halogens is 1. The van der Waals surface area contributed by atoms with Crippen LogP contribution in [0.25, 0.3) is 0 Å². The van der Waals surface area contributed by atoms with Crippen LogP contribution in [0.5, 0.6) is 0 Å². The third-order valence-corrected chi connectivity index (χ3v) is 3.50. The Bertz CT molecular complexity index is 330. The molecule has 0 bridgehead atoms. The molecule has 0 aliphatic heterocycles. The lowest BCUT2D eigenvalue weighted by Gasteiger charge is -2.38. The molecule has 0 fully saturated rings. The minimum atomic E-state index is 0.0668. The van der Waals surface area contributed by atoms with Gasteiger partial charge in [-0.3, -0.25) is 0 Å². The molecule has 1 aromatic rings. The predicted molar refractivity (Wildman–Crippen MR) is 73.4 cm³/mol. The zero-order valence-electron chi connectivity index (χ0n) is 10.5. The van der Waals surface area contributed by atoms with Gasteiger partial charge in [0.05, 0.1) is 0 Å². The molecule has 0 aliphatic rings. The highest BCUT2D eigenvalue weighted by atomic mass is 79.9. The van der Waals surface area contributed by atoms with Gasteiger partial charge in [0.1, 0.15) is 0 Å². The van der Waals surface area contributed by atoms with Gasteiger partial charge in [-0.1, -0.05) is 41.9 Å². The second-order valence-electron chi connectivity index (χ2n) is 5.11. The van der Waals surface area contributed by atoms with Crippen LogP contribution >= 0.6 is 15.9 Å². The van der Waals surface area contributed by atoms with E-state index >= 15 is 0 Å². The third-order valence-electron chi connectivity index (χ3n) is 2.97. The molecule has 0 spiro atoms. The standard InChI is InChI=1S/C13H21BrN2/c1-13(2,9-15)12(16(3)4)10-5-7-11(14)8-6-10/h5-8,12H,9,15H2,1-4H3. The van der Waals surface area contributed by atoms with E-state index in [0.29, 0.717) is 12.6 Å². The van der Waals surface area contributed by atoms with Crippen molar-refractivity contribution in [3.63, 3.8) is 0 Å². The molecule has 90 valence electrons. The molecule has 0 aliphatic carbocycles. The van der Waals surface area contributed by atoms with Crippen molar-refractivity contribution in [1.82, 2.24) is 4.90 Å². The number of hydrogen-bond donors (Lipinski definition) is 1. The van der Waals surface area contributed by atoms with E-state index in [4.69, 9.17) is 5.73 Å². The first-order chi connectivity index (χ1) is 7.38. The maximum Gasteiger partial charge on any atom is 0.0405 e. The molecule has 1 rings (SSSR count). The lowest BCUT2D eigenvalue weighted by Crippen LogP contribution is -2.38. The van der Waals surface area contributed by atoms with Gasteiger partial charge >= 0.3 is 0 Å². The SMILES string of the molecule is CN(C)C(c1ccc(Br)cc1)C(C)(C)CN. The average Bonchev–Trinajstić information content (AvgIpc) is 2.20. The Hall–Kier alpha value is -0.380. The largest absolute Gasteiger partial charge is 0.330 e. The summed E-state index contributed by atoms with van der Waals surface area (Å²) in [5.41, 5.74) is 7.25. The second-order valence-corrected chi connectivity index (χ2v) is 6.03. The van der Waals surface area contributed by atoms with Crippen LogP contribution < -0.4 is 5.73 Å². The Kier molecular flexibility index (Phi) is 4.53. The molecule has 0 radical (unpaired) electrons. The monoisotopic (exact) mass is 284 g/mol. The minimum absolute atomic E-state index is 0.0668. The van der Waals surface area contributed by atoms with E-state index in [1.807, 2.05) is 0 Å². The maximum atomic E-state index is 5.88. The first-order valence-electron chi connectivity index (χ1n) is 5.50. The Morgan fingerprint density at radius 1 is 1.25 bits per heavy atom. The highest BCUT2D eigenvalue weighted by molar-refractivity contribution is 9.10. The van der Waals surface area contributed by atoms with E-state index < -0.39 is 0 Å². The van der Waals surface area contributed by atoms with Gasteiger partial charge in [0.2, 0.25) is 0 Å². The number of benzene rings is 1. The lowest BCUT2D eigenvalue weighted by atomic mass is 9.80. The molecule has 2 nitrogen and oxygen atoms in total. The van der Waals surface area contributed by atoms with Gasteiger partial charge in [-0.2, -0.15) is 0 Å². The van der Waals surface area contributed by atoms with Crippen molar-refractivity contribution in [2.24, 2.45) is 11.1 Å². The quantitative estimate of drug-likeness (QED) is 0.921. The summed E-state index contributed by atoms with van der Waals surface area (Å²) in [6.07, 6.45) is 0. The van der Waals surface area contributed by atoms with Crippen LogP contribution in [0, 0.1) is 5.41 Å². The second kappa shape index (κ2) is 5.30. The Morgan fingerprint density at radius 2 is 1.75 bits per heavy atom. The van der Waals surface area contributed by atoms with Crippen molar-refractivity contribution < 1.29 is 0 Å². The summed E-state index contributed by atoms with van der Waals surface area (Å²) in [4.78, 5) is 2.23. The van der Waals surface area contributed by atoms with Crippen LogP contribution in [0.1, 0.15) is 25.5 Å². The van der Waals surface area contributed by atoms with Crippen LogP contribution in [0.2, 0.25) is 0 Å². The smallest absolute Gasteiger partial charge is 0.0405 e. The van der Waals surface area contributed by atoms with Crippen molar-refractivity contribution in [2.45, 2.75) is 19.9 Å². The van der Waals surface area contributed by atoms with E-state index in [-0.39, 0.29) is 5.41 Å². The molecule has 3 heteroatoms. The summed E-state index contributed by atoms with van der Waals surface area (Å²) in [7, 11) is 4.20. The fourth-order valence-electron chi connectivity index (χ4n) is 2.21. The zero-order valence-corrected chi connectivity index (χ0v) is 12.1. The first kappa shape index (κ1) is 13.7. The fourth-order valence-corrected chi connectivity index (χ4v) is 2.47. The number of rotatable bonds is 4. The van der Waals surface area contributed by atoms with Crippen molar-refractivity contribution in [3.8, 4) is 0 Å². The van der Waals surface area contributed by atoms with E-state index in [2.05, 4.69) is 73.0 Å². The van der Waals surface area contributed by atoms with Gasteiger partial charge in [0, 0.05) is 10.5 Å². The summed E-state index contributed by atoms with van der Waals surface area (Å²) in [5.74, 6) is 0. The van der Waals surface area contributed by atoms with Gasteiger partial charge in [-0.05, 0) is 43.8 Å². The maximum absolute atomic E-state index is 5.88. The van der Waals surface area contributed by atoms with E-state index in [1.165, 1.54) is 5.56 Å². The molecule has 0 aromatic heterocycles. The van der Waals surface area contributed by atoms with E-state index in [1.54, 1.807) is 0 Å². The molecule has 0 saturated carbocycles. The summed E-state index contributed by atoms with van der Waals surface area (Å²) in [6, 6.07) is 8.82. The molecule has 0 heterocycles. The van der Waals surface area contributed by atoms with E-state index in [0.717, 1.165) is 4.47 Å². The predicted octanol–water partition coefficient (Wildman–Crippen LogP) is 3.04. The lowest BCUT2D eigenvalue weighted by molar-refractivity contribution is 0.143. The molecular weight excluding hydrogens is 264 g/mol. The summed E-state index contributed by atoms with van der Waals surface area (Å²) in [5, 5.41) is 0. The third kappa shape index (κ3) is 3.06. The molecule has 1 atom stereocenters. The highest BCUT2D eigenvalue weighted by Crippen LogP contribution is 2.36. The summed E-state index contributed by atoms with van der Waals surface area (Å²) in [6.45, 7) is 5.09. The Morgan fingerprint density at radius 3 is 2.12 bits per heavy atom. The van der Waals surface area contributed by atoms with E-state index in [9.17, 15) is 0 Å².